The second-order valence-corrected chi connectivity index (χ2v) is 5.63. The van der Waals surface area contributed by atoms with Crippen molar-refractivity contribution in [3.8, 4) is 0 Å². The summed E-state index contributed by atoms with van der Waals surface area (Å²) in [6.45, 7) is 2.02. The Kier molecular flexibility index (Phi) is 3.12. The van der Waals surface area contributed by atoms with E-state index < -0.39 is 0 Å². The van der Waals surface area contributed by atoms with Crippen molar-refractivity contribution in [2.24, 2.45) is 0 Å². The van der Waals surface area contributed by atoms with Crippen molar-refractivity contribution in [2.45, 2.75) is 6.92 Å². The number of aryl methyl sites for hydroxylation is 1. The van der Waals surface area contributed by atoms with E-state index in [-0.39, 0.29) is 5.63 Å². The summed E-state index contributed by atoms with van der Waals surface area (Å²) in [4.78, 5) is 11.8. The van der Waals surface area contributed by atoms with E-state index in [1.165, 1.54) is 6.07 Å². The second kappa shape index (κ2) is 5.29. The zero-order valence-corrected chi connectivity index (χ0v) is 12.7. The van der Waals surface area contributed by atoms with Crippen molar-refractivity contribution in [3.63, 3.8) is 0 Å². The van der Waals surface area contributed by atoms with Crippen LogP contribution in [0, 0.1) is 6.92 Å². The summed E-state index contributed by atoms with van der Waals surface area (Å²) in [6.07, 6.45) is 0. The maximum atomic E-state index is 11.8. The summed E-state index contributed by atoms with van der Waals surface area (Å²) in [5, 5.41) is 6.57. The van der Waals surface area contributed by atoms with Crippen LogP contribution in [0.4, 0.5) is 11.4 Å². The topological polar surface area (TPSA) is 42.2 Å². The fourth-order valence-corrected chi connectivity index (χ4v) is 2.86. The highest BCUT2D eigenvalue weighted by Gasteiger charge is 2.08. The van der Waals surface area contributed by atoms with Gasteiger partial charge in [0.05, 0.1) is 5.69 Å². The number of fused-ring (bicyclic) bond motifs is 2. The molecule has 1 N–H and O–H groups in total. The molecular formula is C20H15NO2. The lowest BCUT2D eigenvalue weighted by atomic mass is 10.1. The summed E-state index contributed by atoms with van der Waals surface area (Å²) in [6, 6.07) is 21.5. The normalized spacial score (nSPS) is 11.0. The van der Waals surface area contributed by atoms with E-state index >= 15 is 0 Å². The van der Waals surface area contributed by atoms with Crippen molar-refractivity contribution >= 4 is 33.1 Å². The van der Waals surface area contributed by atoms with Gasteiger partial charge < -0.3 is 9.73 Å². The molecular weight excluding hydrogens is 286 g/mol. The van der Waals surface area contributed by atoms with Gasteiger partial charge in [0, 0.05) is 22.5 Å². The summed E-state index contributed by atoms with van der Waals surface area (Å²) in [5.41, 5.74) is 3.08. The molecule has 0 bridgehead atoms. The first kappa shape index (κ1) is 13.6. The van der Waals surface area contributed by atoms with Crippen LogP contribution in [0.5, 0.6) is 0 Å². The first-order valence-electron chi connectivity index (χ1n) is 7.50. The van der Waals surface area contributed by atoms with Crippen molar-refractivity contribution in [2.75, 3.05) is 5.32 Å². The lowest BCUT2D eigenvalue weighted by Gasteiger charge is -2.12. The third kappa shape index (κ3) is 2.46. The molecule has 0 unspecified atom stereocenters. The molecule has 0 aliphatic heterocycles. The van der Waals surface area contributed by atoms with Gasteiger partial charge in [-0.15, -0.1) is 0 Å². The Balaban J connectivity index is 1.92. The Bertz CT molecular complexity index is 1070. The molecule has 0 aliphatic carbocycles. The number of hydrogen-bond acceptors (Lipinski definition) is 3. The summed E-state index contributed by atoms with van der Waals surface area (Å²) in [5.74, 6) is 0. The largest absolute Gasteiger partial charge is 0.423 e. The molecule has 0 aliphatic rings. The predicted octanol–water partition coefficient (Wildman–Crippen LogP) is 5.00. The molecule has 3 nitrogen and oxygen atoms in total. The Morgan fingerprint density at radius 2 is 1.65 bits per heavy atom. The van der Waals surface area contributed by atoms with Gasteiger partial charge in [-0.1, -0.05) is 48.0 Å². The van der Waals surface area contributed by atoms with Gasteiger partial charge in [0.25, 0.3) is 0 Å². The van der Waals surface area contributed by atoms with E-state index in [1.807, 2.05) is 49.4 Å². The lowest BCUT2D eigenvalue weighted by molar-refractivity contribution is 0.561. The molecule has 0 fully saturated rings. The van der Waals surface area contributed by atoms with Crippen LogP contribution in [0.1, 0.15) is 5.56 Å². The number of benzene rings is 3. The Hall–Kier alpha value is -3.07. The summed E-state index contributed by atoms with van der Waals surface area (Å²) < 4.78 is 5.29. The minimum Gasteiger partial charge on any atom is -0.423 e. The van der Waals surface area contributed by atoms with Crippen molar-refractivity contribution in [1.29, 1.82) is 0 Å². The Morgan fingerprint density at radius 3 is 2.57 bits per heavy atom. The number of nitrogens with one attached hydrogen (secondary N) is 1. The predicted molar refractivity (Wildman–Crippen MR) is 94.5 cm³/mol. The van der Waals surface area contributed by atoms with Crippen LogP contribution in [0.25, 0.3) is 21.7 Å². The third-order valence-electron chi connectivity index (χ3n) is 3.96. The van der Waals surface area contributed by atoms with Gasteiger partial charge in [-0.2, -0.15) is 0 Å². The Labute approximate surface area is 133 Å². The van der Waals surface area contributed by atoms with Gasteiger partial charge in [-0.05, 0) is 30.5 Å². The zero-order valence-electron chi connectivity index (χ0n) is 12.7. The van der Waals surface area contributed by atoms with Crippen LogP contribution in [-0.4, -0.2) is 0 Å². The SMILES string of the molecule is Cc1ccc2oc(=O)cc(Nc3cccc4ccccc34)c2c1. The van der Waals surface area contributed by atoms with Crippen molar-refractivity contribution in [1.82, 2.24) is 0 Å². The molecule has 0 amide bonds. The molecule has 0 radical (unpaired) electrons. The van der Waals surface area contributed by atoms with Crippen molar-refractivity contribution < 1.29 is 4.42 Å². The highest BCUT2D eigenvalue weighted by molar-refractivity contribution is 5.99. The zero-order chi connectivity index (χ0) is 15.8. The number of hydrogen-bond donors (Lipinski definition) is 1. The minimum absolute atomic E-state index is 0.357. The molecule has 0 atom stereocenters. The second-order valence-electron chi connectivity index (χ2n) is 5.63. The van der Waals surface area contributed by atoms with Gasteiger partial charge in [0.15, 0.2) is 0 Å². The average molecular weight is 301 g/mol. The first-order valence-corrected chi connectivity index (χ1v) is 7.50. The molecule has 112 valence electrons. The van der Waals surface area contributed by atoms with Crippen LogP contribution in [0.15, 0.2) is 75.9 Å². The highest BCUT2D eigenvalue weighted by atomic mass is 16.4. The third-order valence-corrected chi connectivity index (χ3v) is 3.96. The average Bonchev–Trinajstić information content (AvgIpc) is 2.56. The van der Waals surface area contributed by atoms with Crippen LogP contribution in [-0.2, 0) is 0 Å². The number of anilines is 2. The van der Waals surface area contributed by atoms with Gasteiger partial charge in [0.2, 0.25) is 0 Å². The maximum absolute atomic E-state index is 11.8. The molecule has 3 heteroatoms. The molecule has 3 aromatic carbocycles. The monoisotopic (exact) mass is 301 g/mol. The quantitative estimate of drug-likeness (QED) is 0.530. The molecule has 4 aromatic rings. The Morgan fingerprint density at radius 1 is 0.826 bits per heavy atom. The highest BCUT2D eigenvalue weighted by Crippen LogP contribution is 2.30. The lowest BCUT2D eigenvalue weighted by Crippen LogP contribution is -2.01. The van der Waals surface area contributed by atoms with Gasteiger partial charge in [-0.3, -0.25) is 0 Å². The minimum atomic E-state index is -0.357. The van der Waals surface area contributed by atoms with Gasteiger partial charge in [0.1, 0.15) is 5.58 Å². The van der Waals surface area contributed by atoms with E-state index in [2.05, 4.69) is 23.5 Å². The van der Waals surface area contributed by atoms with Crippen LogP contribution in [0.2, 0.25) is 0 Å². The van der Waals surface area contributed by atoms with Crippen LogP contribution in [0.3, 0.4) is 0 Å². The molecule has 0 spiro atoms. The first-order chi connectivity index (χ1) is 11.2. The van der Waals surface area contributed by atoms with Crippen LogP contribution < -0.4 is 10.9 Å². The maximum Gasteiger partial charge on any atom is 0.338 e. The van der Waals surface area contributed by atoms with Crippen molar-refractivity contribution in [3.05, 3.63) is 82.7 Å². The van der Waals surface area contributed by atoms with E-state index in [4.69, 9.17) is 4.42 Å². The molecule has 0 saturated carbocycles. The van der Waals surface area contributed by atoms with Crippen LogP contribution >= 0.6 is 0 Å². The summed E-state index contributed by atoms with van der Waals surface area (Å²) >= 11 is 0. The fourth-order valence-electron chi connectivity index (χ4n) is 2.86. The standard InChI is InChI=1S/C20H15NO2/c1-13-9-10-19-16(11-13)18(12-20(22)23-19)21-17-8-4-6-14-5-2-3-7-15(14)17/h2-12,21H,1H3. The molecule has 0 saturated heterocycles. The van der Waals surface area contributed by atoms with E-state index in [0.29, 0.717) is 5.58 Å². The molecule has 1 heterocycles. The molecule has 23 heavy (non-hydrogen) atoms. The number of rotatable bonds is 2. The smallest absolute Gasteiger partial charge is 0.338 e. The molecule has 4 rings (SSSR count). The van der Waals surface area contributed by atoms with Gasteiger partial charge in [-0.25, -0.2) is 4.79 Å². The molecule has 1 aromatic heterocycles. The summed E-state index contributed by atoms with van der Waals surface area (Å²) in [7, 11) is 0. The van der Waals surface area contributed by atoms with E-state index in [9.17, 15) is 4.79 Å². The van der Waals surface area contributed by atoms with E-state index in [1.54, 1.807) is 0 Å². The van der Waals surface area contributed by atoms with E-state index in [0.717, 1.165) is 33.1 Å². The van der Waals surface area contributed by atoms with Gasteiger partial charge >= 0.3 is 5.63 Å². The fraction of sp³-hybridized carbons (Fsp3) is 0.0500.